The van der Waals surface area contributed by atoms with Gasteiger partial charge in [0.05, 0.1) is 12.2 Å². The molecule has 0 saturated carbocycles. The van der Waals surface area contributed by atoms with Crippen molar-refractivity contribution in [2.24, 2.45) is 0 Å². The fraction of sp³-hybridized carbons (Fsp3) is 0.222. The molecule has 5 nitrogen and oxygen atoms in total. The Morgan fingerprint density at radius 1 is 1.00 bits per heavy atom. The van der Waals surface area contributed by atoms with Crippen LogP contribution in [0.5, 0.6) is 0 Å². The second kappa shape index (κ2) is 8.67. The molecule has 0 heterocycles. The predicted octanol–water partition coefficient (Wildman–Crippen LogP) is 3.44. The van der Waals surface area contributed by atoms with Crippen LogP contribution in [-0.4, -0.2) is 25.0 Å². The van der Waals surface area contributed by atoms with Gasteiger partial charge in [-0.15, -0.1) is 0 Å². The summed E-state index contributed by atoms with van der Waals surface area (Å²) >= 11 is 0. The fourth-order valence-electron chi connectivity index (χ4n) is 2.02. The third-order valence-corrected chi connectivity index (χ3v) is 3.21. The summed E-state index contributed by atoms with van der Waals surface area (Å²) in [6.07, 6.45) is 0.261. The minimum atomic E-state index is -0.359. The van der Waals surface area contributed by atoms with Crippen LogP contribution in [0.15, 0.2) is 48.5 Å². The van der Waals surface area contributed by atoms with Gasteiger partial charge in [0.15, 0.2) is 0 Å². The van der Waals surface area contributed by atoms with Gasteiger partial charge in [-0.05, 0) is 55.5 Å². The molecular formula is C18H19FN2O3. The van der Waals surface area contributed by atoms with Gasteiger partial charge in [-0.1, -0.05) is 0 Å². The lowest BCUT2D eigenvalue weighted by molar-refractivity contribution is -0.115. The zero-order valence-electron chi connectivity index (χ0n) is 13.3. The molecule has 0 unspecified atom stereocenters. The summed E-state index contributed by atoms with van der Waals surface area (Å²) in [5.74, 6) is -0.874. The van der Waals surface area contributed by atoms with Gasteiger partial charge >= 0.3 is 5.97 Å². The molecule has 2 rings (SSSR count). The lowest BCUT2D eigenvalue weighted by Gasteiger charge is -2.08. The number of benzene rings is 2. The summed E-state index contributed by atoms with van der Waals surface area (Å²) in [7, 11) is 0. The first kappa shape index (κ1) is 17.5. The second-order valence-electron chi connectivity index (χ2n) is 5.03. The fourth-order valence-corrected chi connectivity index (χ4v) is 2.02. The Morgan fingerprint density at radius 2 is 1.62 bits per heavy atom. The first-order valence-corrected chi connectivity index (χ1v) is 7.65. The van der Waals surface area contributed by atoms with Crippen LogP contribution in [0.1, 0.15) is 23.7 Å². The topological polar surface area (TPSA) is 67.4 Å². The molecule has 0 radical (unpaired) electrons. The van der Waals surface area contributed by atoms with Crippen molar-refractivity contribution in [3.05, 3.63) is 59.9 Å². The van der Waals surface area contributed by atoms with E-state index in [9.17, 15) is 14.0 Å². The van der Waals surface area contributed by atoms with Crippen molar-refractivity contribution in [2.75, 3.05) is 23.8 Å². The van der Waals surface area contributed by atoms with Gasteiger partial charge in [-0.25, -0.2) is 9.18 Å². The Morgan fingerprint density at radius 3 is 2.25 bits per heavy atom. The van der Waals surface area contributed by atoms with Gasteiger partial charge < -0.3 is 15.4 Å². The number of anilines is 2. The molecule has 2 aromatic carbocycles. The Hall–Kier alpha value is -2.89. The summed E-state index contributed by atoms with van der Waals surface area (Å²) in [5, 5.41) is 5.78. The molecule has 0 saturated heterocycles. The number of rotatable bonds is 7. The van der Waals surface area contributed by atoms with Crippen molar-refractivity contribution in [3.63, 3.8) is 0 Å². The first-order valence-electron chi connectivity index (χ1n) is 7.65. The summed E-state index contributed by atoms with van der Waals surface area (Å²) in [5.41, 5.74) is 1.84. The van der Waals surface area contributed by atoms with Crippen molar-refractivity contribution >= 4 is 23.3 Å². The van der Waals surface area contributed by atoms with Crippen LogP contribution in [0.3, 0.4) is 0 Å². The predicted molar refractivity (Wildman–Crippen MR) is 90.5 cm³/mol. The number of hydrogen-bond acceptors (Lipinski definition) is 4. The monoisotopic (exact) mass is 330 g/mol. The van der Waals surface area contributed by atoms with E-state index in [1.54, 1.807) is 31.2 Å². The minimum absolute atomic E-state index is 0.169. The van der Waals surface area contributed by atoms with Gasteiger partial charge in [0.1, 0.15) is 5.82 Å². The maximum Gasteiger partial charge on any atom is 0.338 e. The molecule has 2 N–H and O–H groups in total. The zero-order chi connectivity index (χ0) is 17.4. The maximum absolute atomic E-state index is 12.8. The number of halogens is 1. The minimum Gasteiger partial charge on any atom is -0.462 e. The Kier molecular flexibility index (Phi) is 6.31. The van der Waals surface area contributed by atoms with Gasteiger partial charge in [0.25, 0.3) is 0 Å². The van der Waals surface area contributed by atoms with Crippen molar-refractivity contribution in [1.82, 2.24) is 0 Å². The first-order chi connectivity index (χ1) is 11.6. The van der Waals surface area contributed by atoms with Crippen LogP contribution in [0.25, 0.3) is 0 Å². The lowest BCUT2D eigenvalue weighted by atomic mass is 10.2. The third-order valence-electron chi connectivity index (χ3n) is 3.21. The molecule has 6 heteroatoms. The van der Waals surface area contributed by atoms with Crippen LogP contribution in [0.4, 0.5) is 15.8 Å². The molecular weight excluding hydrogens is 311 g/mol. The molecule has 24 heavy (non-hydrogen) atoms. The highest BCUT2D eigenvalue weighted by Gasteiger charge is 2.06. The molecule has 126 valence electrons. The van der Waals surface area contributed by atoms with Crippen LogP contribution < -0.4 is 10.6 Å². The van der Waals surface area contributed by atoms with Crippen LogP contribution >= 0.6 is 0 Å². The molecule has 0 aliphatic heterocycles. The summed E-state index contributed by atoms with van der Waals surface area (Å²) in [4.78, 5) is 23.3. The molecule has 0 fully saturated rings. The SMILES string of the molecule is CCOC(=O)c1ccc(NCCC(=O)Nc2ccc(F)cc2)cc1. The number of carbonyl (C=O) groups excluding carboxylic acids is 2. The Balaban J connectivity index is 1.76. The van der Waals surface area contributed by atoms with E-state index in [1.165, 1.54) is 24.3 Å². The second-order valence-corrected chi connectivity index (χ2v) is 5.03. The van der Waals surface area contributed by atoms with E-state index >= 15 is 0 Å². The normalized spacial score (nSPS) is 10.1. The molecule has 0 spiro atoms. The summed E-state index contributed by atoms with van der Waals surface area (Å²) in [6.45, 7) is 2.53. The molecule has 0 aliphatic carbocycles. The van der Waals surface area contributed by atoms with Crippen molar-refractivity contribution in [2.45, 2.75) is 13.3 Å². The van der Waals surface area contributed by atoms with Crippen LogP contribution in [0.2, 0.25) is 0 Å². The highest BCUT2D eigenvalue weighted by atomic mass is 19.1. The number of nitrogens with one attached hydrogen (secondary N) is 2. The van der Waals surface area contributed by atoms with Gasteiger partial charge in [-0.3, -0.25) is 4.79 Å². The van der Waals surface area contributed by atoms with Crippen LogP contribution in [-0.2, 0) is 9.53 Å². The van der Waals surface area contributed by atoms with E-state index in [-0.39, 0.29) is 24.1 Å². The number of carbonyl (C=O) groups is 2. The zero-order valence-corrected chi connectivity index (χ0v) is 13.3. The smallest absolute Gasteiger partial charge is 0.338 e. The summed E-state index contributed by atoms with van der Waals surface area (Å²) in [6, 6.07) is 12.4. The number of amides is 1. The molecule has 2 aromatic rings. The van der Waals surface area contributed by atoms with Gasteiger partial charge in [0.2, 0.25) is 5.91 Å². The number of esters is 1. The van der Waals surface area contributed by atoms with Crippen molar-refractivity contribution in [1.29, 1.82) is 0 Å². The van der Waals surface area contributed by atoms with Crippen molar-refractivity contribution < 1.29 is 18.7 Å². The Bertz CT molecular complexity index is 684. The Labute approximate surface area is 139 Å². The van der Waals surface area contributed by atoms with Gasteiger partial charge in [-0.2, -0.15) is 0 Å². The largest absolute Gasteiger partial charge is 0.462 e. The van der Waals surface area contributed by atoms with E-state index in [0.29, 0.717) is 24.4 Å². The molecule has 0 aromatic heterocycles. The molecule has 0 aliphatic rings. The van der Waals surface area contributed by atoms with E-state index in [0.717, 1.165) is 5.69 Å². The quantitative estimate of drug-likeness (QED) is 0.763. The average Bonchev–Trinajstić information content (AvgIpc) is 2.58. The van der Waals surface area contributed by atoms with Crippen LogP contribution in [0, 0.1) is 5.82 Å². The number of ether oxygens (including phenoxy) is 1. The molecule has 0 atom stereocenters. The average molecular weight is 330 g/mol. The maximum atomic E-state index is 12.8. The van der Waals surface area contributed by atoms with Crippen molar-refractivity contribution in [3.8, 4) is 0 Å². The summed E-state index contributed by atoms with van der Waals surface area (Å²) < 4.78 is 17.7. The molecule has 1 amide bonds. The van der Waals surface area contributed by atoms with E-state index in [4.69, 9.17) is 4.74 Å². The molecule has 0 bridgehead atoms. The highest BCUT2D eigenvalue weighted by Crippen LogP contribution is 2.11. The van der Waals surface area contributed by atoms with E-state index in [2.05, 4.69) is 10.6 Å². The van der Waals surface area contributed by atoms with E-state index < -0.39 is 0 Å². The highest BCUT2D eigenvalue weighted by molar-refractivity contribution is 5.91. The van der Waals surface area contributed by atoms with E-state index in [1.807, 2.05) is 0 Å². The lowest BCUT2D eigenvalue weighted by Crippen LogP contribution is -2.16. The standard InChI is InChI=1S/C18H19FN2O3/c1-2-24-18(23)13-3-7-15(8-4-13)20-12-11-17(22)21-16-9-5-14(19)6-10-16/h3-10,20H,2,11-12H2,1H3,(H,21,22). The van der Waals surface area contributed by atoms with Gasteiger partial charge in [0, 0.05) is 24.3 Å². The number of hydrogen-bond donors (Lipinski definition) is 2. The third kappa shape index (κ3) is 5.39.